The van der Waals surface area contributed by atoms with E-state index in [9.17, 15) is 0 Å². The van der Waals surface area contributed by atoms with Crippen LogP contribution in [0, 0.1) is 0 Å². The predicted octanol–water partition coefficient (Wildman–Crippen LogP) is 5.57. The van der Waals surface area contributed by atoms with Gasteiger partial charge in [0.25, 0.3) is 0 Å². The van der Waals surface area contributed by atoms with Crippen molar-refractivity contribution in [1.82, 2.24) is 4.98 Å². The Morgan fingerprint density at radius 2 is 1.09 bits per heavy atom. The summed E-state index contributed by atoms with van der Waals surface area (Å²) >= 11 is 0. The molecule has 1 heterocycles. The lowest BCUT2D eigenvalue weighted by Gasteiger charge is -2.05. The fourth-order valence-corrected chi connectivity index (χ4v) is 2.71. The molecule has 1 heteroatoms. The number of rotatable bonds is 2. The fraction of sp³-hybridized carbons (Fsp3) is 0. The molecule has 0 amide bonds. The highest BCUT2D eigenvalue weighted by atomic mass is 14.7. The van der Waals surface area contributed by atoms with Gasteiger partial charge in [-0.15, -0.1) is 0 Å². The summed E-state index contributed by atoms with van der Waals surface area (Å²) in [4.78, 5) is 4.58. The van der Waals surface area contributed by atoms with Crippen molar-refractivity contribution in [3.05, 3.63) is 91.1 Å². The molecule has 0 fully saturated rings. The molecule has 22 heavy (non-hydrogen) atoms. The molecule has 0 aliphatic carbocycles. The van der Waals surface area contributed by atoms with Crippen LogP contribution in [0.3, 0.4) is 0 Å². The van der Waals surface area contributed by atoms with E-state index in [0.717, 1.165) is 11.3 Å². The second kappa shape index (κ2) is 5.45. The summed E-state index contributed by atoms with van der Waals surface area (Å²) in [5.41, 5.74) is 4.62. The molecule has 3 aromatic carbocycles. The zero-order valence-electron chi connectivity index (χ0n) is 12.1. The molecular formula is C21H15N. The second-order valence-corrected chi connectivity index (χ2v) is 5.36. The Kier molecular flexibility index (Phi) is 3.17. The van der Waals surface area contributed by atoms with Gasteiger partial charge in [-0.05, 0) is 22.6 Å². The van der Waals surface area contributed by atoms with Gasteiger partial charge in [-0.1, -0.05) is 78.9 Å². The molecule has 1 aromatic heterocycles. The van der Waals surface area contributed by atoms with Crippen LogP contribution in [0.4, 0.5) is 0 Å². The molecule has 0 radical (unpaired) electrons. The quantitative estimate of drug-likeness (QED) is 0.468. The first-order chi connectivity index (χ1) is 10.9. The minimum Gasteiger partial charge on any atom is -0.256 e. The Bertz CT molecular complexity index is 909. The lowest BCUT2D eigenvalue weighted by molar-refractivity contribution is 1.36. The normalized spacial score (nSPS) is 10.7. The van der Waals surface area contributed by atoms with E-state index < -0.39 is 0 Å². The molecule has 0 aliphatic heterocycles. The van der Waals surface area contributed by atoms with E-state index in [0.29, 0.717) is 0 Å². The van der Waals surface area contributed by atoms with E-state index in [1.54, 1.807) is 0 Å². The number of pyridine rings is 1. The maximum atomic E-state index is 4.58. The van der Waals surface area contributed by atoms with Gasteiger partial charge in [-0.25, -0.2) is 0 Å². The lowest BCUT2D eigenvalue weighted by atomic mass is 10.0. The molecule has 0 spiro atoms. The zero-order chi connectivity index (χ0) is 14.8. The minimum atomic E-state index is 1.01. The number of aromatic nitrogens is 1. The monoisotopic (exact) mass is 281 g/mol. The Hall–Kier alpha value is -2.93. The SMILES string of the molecule is c1ccc(-c2ccc(-c3cc4ccccc4cn3)cc2)cc1. The van der Waals surface area contributed by atoms with Crippen LogP contribution in [0.15, 0.2) is 91.1 Å². The number of hydrogen-bond donors (Lipinski definition) is 0. The summed E-state index contributed by atoms with van der Waals surface area (Å²) in [7, 11) is 0. The third kappa shape index (κ3) is 2.38. The predicted molar refractivity (Wildman–Crippen MR) is 92.6 cm³/mol. The van der Waals surface area contributed by atoms with Crippen molar-refractivity contribution in [2.24, 2.45) is 0 Å². The summed E-state index contributed by atoms with van der Waals surface area (Å²) in [6, 6.07) is 29.5. The Labute approximate surface area is 129 Å². The van der Waals surface area contributed by atoms with E-state index in [1.807, 2.05) is 18.3 Å². The van der Waals surface area contributed by atoms with Crippen LogP contribution in [0.5, 0.6) is 0 Å². The molecule has 4 aromatic rings. The molecule has 104 valence electrons. The van der Waals surface area contributed by atoms with Crippen LogP contribution in [0.25, 0.3) is 33.2 Å². The third-order valence-corrected chi connectivity index (χ3v) is 3.92. The largest absolute Gasteiger partial charge is 0.256 e. The summed E-state index contributed by atoms with van der Waals surface area (Å²) < 4.78 is 0. The van der Waals surface area contributed by atoms with Crippen molar-refractivity contribution in [3.8, 4) is 22.4 Å². The molecule has 1 nitrogen and oxygen atoms in total. The van der Waals surface area contributed by atoms with Gasteiger partial charge in [0.15, 0.2) is 0 Å². The summed E-state index contributed by atoms with van der Waals surface area (Å²) in [5, 5.41) is 2.40. The van der Waals surface area contributed by atoms with E-state index in [4.69, 9.17) is 0 Å². The molecule has 0 N–H and O–H groups in total. The summed E-state index contributed by atoms with van der Waals surface area (Å²) in [6.07, 6.45) is 1.94. The van der Waals surface area contributed by atoms with Crippen molar-refractivity contribution in [1.29, 1.82) is 0 Å². The van der Waals surface area contributed by atoms with Gasteiger partial charge in [0, 0.05) is 17.1 Å². The van der Waals surface area contributed by atoms with E-state index in [2.05, 4.69) is 77.8 Å². The van der Waals surface area contributed by atoms with Gasteiger partial charge >= 0.3 is 0 Å². The topological polar surface area (TPSA) is 12.9 Å². The fourth-order valence-electron chi connectivity index (χ4n) is 2.71. The van der Waals surface area contributed by atoms with E-state index in [-0.39, 0.29) is 0 Å². The average molecular weight is 281 g/mol. The molecule has 0 atom stereocenters. The first-order valence-corrected chi connectivity index (χ1v) is 7.41. The van der Waals surface area contributed by atoms with Crippen LogP contribution in [-0.4, -0.2) is 4.98 Å². The van der Waals surface area contributed by atoms with Gasteiger partial charge in [0.05, 0.1) is 5.69 Å². The first kappa shape index (κ1) is 12.8. The number of benzene rings is 3. The Morgan fingerprint density at radius 3 is 1.86 bits per heavy atom. The van der Waals surface area contributed by atoms with Gasteiger partial charge in [0.1, 0.15) is 0 Å². The van der Waals surface area contributed by atoms with Crippen molar-refractivity contribution < 1.29 is 0 Å². The zero-order valence-corrected chi connectivity index (χ0v) is 12.1. The highest BCUT2D eigenvalue weighted by molar-refractivity contribution is 5.85. The number of hydrogen-bond acceptors (Lipinski definition) is 1. The van der Waals surface area contributed by atoms with Crippen LogP contribution in [-0.2, 0) is 0 Å². The van der Waals surface area contributed by atoms with Crippen molar-refractivity contribution >= 4 is 10.8 Å². The highest BCUT2D eigenvalue weighted by Crippen LogP contribution is 2.25. The minimum absolute atomic E-state index is 1.01. The standard InChI is InChI=1S/C21H15N/c1-2-6-16(7-3-1)17-10-12-18(13-11-17)21-14-19-8-4-5-9-20(19)15-22-21/h1-15H. The molecule has 0 aliphatic rings. The van der Waals surface area contributed by atoms with Crippen LogP contribution in [0.2, 0.25) is 0 Å². The van der Waals surface area contributed by atoms with Crippen LogP contribution >= 0.6 is 0 Å². The van der Waals surface area contributed by atoms with E-state index in [1.165, 1.54) is 21.9 Å². The van der Waals surface area contributed by atoms with Crippen molar-refractivity contribution in [2.45, 2.75) is 0 Å². The number of fused-ring (bicyclic) bond motifs is 1. The lowest BCUT2D eigenvalue weighted by Crippen LogP contribution is -1.84. The van der Waals surface area contributed by atoms with Gasteiger partial charge < -0.3 is 0 Å². The van der Waals surface area contributed by atoms with E-state index >= 15 is 0 Å². The average Bonchev–Trinajstić information content (AvgIpc) is 2.62. The van der Waals surface area contributed by atoms with Crippen LogP contribution < -0.4 is 0 Å². The highest BCUT2D eigenvalue weighted by Gasteiger charge is 2.02. The molecule has 0 unspecified atom stereocenters. The molecular weight excluding hydrogens is 266 g/mol. The maximum absolute atomic E-state index is 4.58. The van der Waals surface area contributed by atoms with Crippen molar-refractivity contribution in [3.63, 3.8) is 0 Å². The van der Waals surface area contributed by atoms with Crippen molar-refractivity contribution in [2.75, 3.05) is 0 Å². The summed E-state index contributed by atoms with van der Waals surface area (Å²) in [5.74, 6) is 0. The van der Waals surface area contributed by atoms with Crippen LogP contribution in [0.1, 0.15) is 0 Å². The third-order valence-electron chi connectivity index (χ3n) is 3.92. The maximum Gasteiger partial charge on any atom is 0.0708 e. The molecule has 4 rings (SSSR count). The molecule has 0 bridgehead atoms. The smallest absolute Gasteiger partial charge is 0.0708 e. The molecule has 0 saturated heterocycles. The first-order valence-electron chi connectivity index (χ1n) is 7.41. The Morgan fingerprint density at radius 1 is 0.500 bits per heavy atom. The van der Waals surface area contributed by atoms with Gasteiger partial charge in [-0.2, -0.15) is 0 Å². The van der Waals surface area contributed by atoms with Gasteiger partial charge in [0.2, 0.25) is 0 Å². The number of nitrogens with zero attached hydrogens (tertiary/aromatic N) is 1. The van der Waals surface area contributed by atoms with Gasteiger partial charge in [-0.3, -0.25) is 4.98 Å². The Balaban J connectivity index is 1.73. The second-order valence-electron chi connectivity index (χ2n) is 5.36. The molecule has 0 saturated carbocycles. The summed E-state index contributed by atoms with van der Waals surface area (Å²) in [6.45, 7) is 0.